The Labute approximate surface area is 95.9 Å². The lowest BCUT2D eigenvalue weighted by molar-refractivity contribution is 1.15. The zero-order valence-electron chi connectivity index (χ0n) is 7.53. The van der Waals surface area contributed by atoms with Crippen molar-refractivity contribution in [2.24, 2.45) is 0 Å². The molecule has 1 N–H and O–H groups in total. The zero-order chi connectivity index (χ0) is 9.80. The average molecular weight is 268 g/mol. The summed E-state index contributed by atoms with van der Waals surface area (Å²) in [4.78, 5) is 0. The Kier molecular flexibility index (Phi) is 3.22. The molecule has 0 fully saturated rings. The van der Waals surface area contributed by atoms with Crippen LogP contribution in [-0.4, -0.2) is 0 Å². The van der Waals surface area contributed by atoms with Crippen LogP contribution in [0.15, 0.2) is 45.6 Å². The van der Waals surface area contributed by atoms with Crippen molar-refractivity contribution in [2.75, 3.05) is 5.32 Å². The van der Waals surface area contributed by atoms with Gasteiger partial charge in [0.2, 0.25) is 0 Å². The van der Waals surface area contributed by atoms with Crippen LogP contribution in [0.3, 0.4) is 0 Å². The van der Waals surface area contributed by atoms with E-state index in [-0.39, 0.29) is 0 Å². The van der Waals surface area contributed by atoms with E-state index in [1.807, 2.05) is 18.2 Å². The first-order chi connectivity index (χ1) is 6.86. The van der Waals surface area contributed by atoms with Crippen LogP contribution in [0.25, 0.3) is 0 Å². The minimum Gasteiger partial charge on any atom is -0.381 e. The lowest BCUT2D eigenvalue weighted by atomic mass is 10.3. The summed E-state index contributed by atoms with van der Waals surface area (Å²) < 4.78 is 1.19. The highest BCUT2D eigenvalue weighted by molar-refractivity contribution is 9.10. The Morgan fingerprint density at radius 2 is 1.93 bits per heavy atom. The maximum absolute atomic E-state index is 3.51. The highest BCUT2D eigenvalue weighted by Gasteiger charge is 1.99. The van der Waals surface area contributed by atoms with Crippen LogP contribution in [0.4, 0.5) is 5.69 Å². The molecule has 72 valence electrons. The number of anilines is 1. The van der Waals surface area contributed by atoms with Gasteiger partial charge in [-0.3, -0.25) is 0 Å². The predicted molar refractivity (Wildman–Crippen MR) is 65.8 cm³/mol. The van der Waals surface area contributed by atoms with E-state index in [9.17, 15) is 0 Å². The van der Waals surface area contributed by atoms with E-state index in [0.717, 1.165) is 12.2 Å². The molecule has 2 rings (SSSR count). The molecule has 0 spiro atoms. The van der Waals surface area contributed by atoms with Crippen molar-refractivity contribution in [1.29, 1.82) is 0 Å². The minimum atomic E-state index is 0.869. The Morgan fingerprint density at radius 3 is 2.57 bits per heavy atom. The van der Waals surface area contributed by atoms with Crippen LogP contribution < -0.4 is 5.32 Å². The number of hydrogen-bond acceptors (Lipinski definition) is 2. The maximum atomic E-state index is 3.51. The van der Waals surface area contributed by atoms with Crippen molar-refractivity contribution in [3.8, 4) is 0 Å². The molecule has 1 aromatic heterocycles. The quantitative estimate of drug-likeness (QED) is 0.882. The van der Waals surface area contributed by atoms with Crippen molar-refractivity contribution in [2.45, 2.75) is 6.54 Å². The van der Waals surface area contributed by atoms with Crippen molar-refractivity contribution in [3.05, 3.63) is 51.1 Å². The molecule has 2 aromatic rings. The van der Waals surface area contributed by atoms with Gasteiger partial charge in [0, 0.05) is 22.1 Å². The van der Waals surface area contributed by atoms with E-state index in [1.165, 1.54) is 10.0 Å². The van der Waals surface area contributed by atoms with Gasteiger partial charge in [-0.05, 0) is 39.0 Å². The first-order valence-corrected chi connectivity index (χ1v) is 6.09. The third-order valence-electron chi connectivity index (χ3n) is 1.95. The molecule has 3 heteroatoms. The number of benzene rings is 1. The third kappa shape index (κ3) is 2.36. The molecule has 0 amide bonds. The first-order valence-electron chi connectivity index (χ1n) is 4.36. The van der Waals surface area contributed by atoms with Gasteiger partial charge >= 0.3 is 0 Å². The summed E-state index contributed by atoms with van der Waals surface area (Å²) in [6.45, 7) is 0.869. The maximum Gasteiger partial charge on any atom is 0.0420 e. The number of rotatable bonds is 3. The molecule has 0 atom stereocenters. The van der Waals surface area contributed by atoms with E-state index >= 15 is 0 Å². The van der Waals surface area contributed by atoms with E-state index in [1.54, 1.807) is 11.3 Å². The number of hydrogen-bond donors (Lipinski definition) is 1. The molecule has 1 heterocycles. The third-order valence-corrected chi connectivity index (χ3v) is 3.78. The number of halogens is 1. The van der Waals surface area contributed by atoms with Crippen LogP contribution in [0.2, 0.25) is 0 Å². The summed E-state index contributed by atoms with van der Waals surface area (Å²) in [5.74, 6) is 0. The van der Waals surface area contributed by atoms with E-state index in [4.69, 9.17) is 0 Å². The van der Waals surface area contributed by atoms with Gasteiger partial charge in [0.05, 0.1) is 0 Å². The van der Waals surface area contributed by atoms with E-state index < -0.39 is 0 Å². The topological polar surface area (TPSA) is 12.0 Å². The zero-order valence-corrected chi connectivity index (χ0v) is 9.94. The molecule has 0 aliphatic rings. The molecular weight excluding hydrogens is 258 g/mol. The molecule has 0 saturated heterocycles. The SMILES string of the molecule is Brc1cscc1CNc1ccccc1. The van der Waals surface area contributed by atoms with Crippen LogP contribution in [0.1, 0.15) is 5.56 Å². The highest BCUT2D eigenvalue weighted by atomic mass is 79.9. The fraction of sp³-hybridized carbons (Fsp3) is 0.0909. The first kappa shape index (κ1) is 9.74. The number of para-hydroxylation sites is 1. The van der Waals surface area contributed by atoms with Gasteiger partial charge < -0.3 is 5.32 Å². The van der Waals surface area contributed by atoms with Crippen LogP contribution in [-0.2, 0) is 6.54 Å². The second-order valence-electron chi connectivity index (χ2n) is 2.96. The Balaban J connectivity index is 1.99. The van der Waals surface area contributed by atoms with Crippen molar-refractivity contribution >= 4 is 33.0 Å². The summed E-state index contributed by atoms with van der Waals surface area (Å²) in [5.41, 5.74) is 2.46. The van der Waals surface area contributed by atoms with Gasteiger partial charge in [-0.25, -0.2) is 0 Å². The number of nitrogens with one attached hydrogen (secondary N) is 1. The summed E-state index contributed by atoms with van der Waals surface area (Å²) >= 11 is 5.22. The molecule has 0 aliphatic heterocycles. The molecule has 1 nitrogen and oxygen atoms in total. The summed E-state index contributed by atoms with van der Waals surface area (Å²) in [7, 11) is 0. The molecule has 0 bridgehead atoms. The average Bonchev–Trinajstić information content (AvgIpc) is 2.63. The van der Waals surface area contributed by atoms with Gasteiger partial charge in [-0.1, -0.05) is 18.2 Å². The van der Waals surface area contributed by atoms with E-state index in [2.05, 4.69) is 44.1 Å². The predicted octanol–water partition coefficient (Wildman–Crippen LogP) is 4.12. The Hall–Kier alpha value is -0.800. The second-order valence-corrected chi connectivity index (χ2v) is 4.56. The molecular formula is C11H10BrNS. The van der Waals surface area contributed by atoms with Crippen LogP contribution in [0, 0.1) is 0 Å². The van der Waals surface area contributed by atoms with Crippen molar-refractivity contribution in [3.63, 3.8) is 0 Å². The molecule has 1 aromatic carbocycles. The minimum absolute atomic E-state index is 0.869. The van der Waals surface area contributed by atoms with Gasteiger partial charge in [-0.2, -0.15) is 11.3 Å². The smallest absolute Gasteiger partial charge is 0.0420 e. The molecule has 14 heavy (non-hydrogen) atoms. The summed E-state index contributed by atoms with van der Waals surface area (Å²) in [5, 5.41) is 7.62. The Bertz CT molecular complexity index is 397. The van der Waals surface area contributed by atoms with Gasteiger partial charge in [0.15, 0.2) is 0 Å². The van der Waals surface area contributed by atoms with Crippen LogP contribution >= 0.6 is 27.3 Å². The summed E-state index contributed by atoms with van der Waals surface area (Å²) in [6, 6.07) is 10.2. The monoisotopic (exact) mass is 267 g/mol. The fourth-order valence-corrected chi connectivity index (χ4v) is 2.63. The molecule has 0 saturated carbocycles. The second kappa shape index (κ2) is 4.62. The largest absolute Gasteiger partial charge is 0.381 e. The fourth-order valence-electron chi connectivity index (χ4n) is 1.19. The molecule has 0 aliphatic carbocycles. The van der Waals surface area contributed by atoms with Gasteiger partial charge in [-0.15, -0.1) is 0 Å². The lowest BCUT2D eigenvalue weighted by Gasteiger charge is -2.04. The van der Waals surface area contributed by atoms with E-state index in [0.29, 0.717) is 0 Å². The van der Waals surface area contributed by atoms with Crippen molar-refractivity contribution in [1.82, 2.24) is 0 Å². The lowest BCUT2D eigenvalue weighted by Crippen LogP contribution is -1.97. The van der Waals surface area contributed by atoms with Crippen LogP contribution in [0.5, 0.6) is 0 Å². The molecule has 0 radical (unpaired) electrons. The molecule has 0 unspecified atom stereocenters. The normalized spacial score (nSPS) is 10.1. The van der Waals surface area contributed by atoms with Gasteiger partial charge in [0.1, 0.15) is 0 Å². The highest BCUT2D eigenvalue weighted by Crippen LogP contribution is 2.22. The Morgan fingerprint density at radius 1 is 1.14 bits per heavy atom. The van der Waals surface area contributed by atoms with Gasteiger partial charge in [0.25, 0.3) is 0 Å². The summed E-state index contributed by atoms with van der Waals surface area (Å²) in [6.07, 6.45) is 0. The standard InChI is InChI=1S/C11H10BrNS/c12-11-8-14-7-9(11)6-13-10-4-2-1-3-5-10/h1-5,7-8,13H,6H2. The number of thiophene rings is 1. The van der Waals surface area contributed by atoms with Crippen molar-refractivity contribution < 1.29 is 0 Å².